The molecule has 24 heavy (non-hydrogen) atoms. The molecule has 0 aromatic carbocycles. The van der Waals surface area contributed by atoms with Crippen LogP contribution in [0.25, 0.3) is 0 Å². The topological polar surface area (TPSA) is 32.3 Å². The molecule has 1 spiro atoms. The Morgan fingerprint density at radius 3 is 2.67 bits per heavy atom. The number of piperidine rings is 1. The quantitative estimate of drug-likeness (QED) is 0.808. The van der Waals surface area contributed by atoms with Crippen molar-refractivity contribution in [3.05, 3.63) is 22.4 Å². The summed E-state index contributed by atoms with van der Waals surface area (Å²) in [7, 11) is 0. The highest BCUT2D eigenvalue weighted by Crippen LogP contribution is 2.56. The van der Waals surface area contributed by atoms with E-state index in [1.54, 1.807) is 11.3 Å². The van der Waals surface area contributed by atoms with Gasteiger partial charge in [0.05, 0.1) is 0 Å². The molecule has 2 heterocycles. The summed E-state index contributed by atoms with van der Waals surface area (Å²) in [6.07, 6.45) is 4.35. The highest BCUT2D eigenvalue weighted by atomic mass is 35.5. The Morgan fingerprint density at radius 2 is 2.08 bits per heavy atom. The summed E-state index contributed by atoms with van der Waals surface area (Å²) in [5.41, 5.74) is 1.70. The first-order chi connectivity index (χ1) is 11.0. The third kappa shape index (κ3) is 4.33. The molecule has 2 unspecified atom stereocenters. The van der Waals surface area contributed by atoms with Crippen LogP contribution in [0.5, 0.6) is 0 Å². The molecule has 136 valence electrons. The standard InChI is InChI=1S/C19H30N2OS.ClH/c1-14(2)15(3)10-18(22)21(12-16-4-9-23-13-16)17-11-19(17)5-7-20-8-6-19;/h4,9,13-15,17,20H,5-8,10-12H2,1-3H3;1H. The van der Waals surface area contributed by atoms with Gasteiger partial charge in [0.2, 0.25) is 5.91 Å². The van der Waals surface area contributed by atoms with Gasteiger partial charge in [-0.1, -0.05) is 20.8 Å². The minimum atomic E-state index is 0. The summed E-state index contributed by atoms with van der Waals surface area (Å²) < 4.78 is 0. The van der Waals surface area contributed by atoms with E-state index in [0.717, 1.165) is 19.6 Å². The number of thiophene rings is 1. The van der Waals surface area contributed by atoms with Gasteiger partial charge in [-0.3, -0.25) is 4.79 Å². The number of carbonyl (C=O) groups excluding carboxylic acids is 1. The third-order valence-electron chi connectivity index (χ3n) is 6.01. The summed E-state index contributed by atoms with van der Waals surface area (Å²) in [6, 6.07) is 2.63. The summed E-state index contributed by atoms with van der Waals surface area (Å²) in [6.45, 7) is 9.66. The smallest absolute Gasteiger partial charge is 0.223 e. The number of amides is 1. The van der Waals surface area contributed by atoms with E-state index in [0.29, 0.717) is 35.6 Å². The van der Waals surface area contributed by atoms with E-state index < -0.39 is 0 Å². The second-order valence-electron chi connectivity index (χ2n) is 7.91. The van der Waals surface area contributed by atoms with Crippen LogP contribution in [-0.4, -0.2) is 29.9 Å². The maximum absolute atomic E-state index is 13.0. The molecule has 1 aromatic heterocycles. The van der Waals surface area contributed by atoms with Gasteiger partial charge in [-0.05, 0) is 72.0 Å². The van der Waals surface area contributed by atoms with Crippen LogP contribution >= 0.6 is 23.7 Å². The Morgan fingerprint density at radius 1 is 1.38 bits per heavy atom. The van der Waals surface area contributed by atoms with Gasteiger partial charge in [0.1, 0.15) is 0 Å². The number of nitrogens with one attached hydrogen (secondary N) is 1. The summed E-state index contributed by atoms with van der Waals surface area (Å²) in [5, 5.41) is 7.76. The lowest BCUT2D eigenvalue weighted by molar-refractivity contribution is -0.134. The Labute approximate surface area is 156 Å². The minimum Gasteiger partial charge on any atom is -0.335 e. The van der Waals surface area contributed by atoms with E-state index in [1.165, 1.54) is 24.8 Å². The predicted octanol–water partition coefficient (Wildman–Crippen LogP) is 4.32. The van der Waals surface area contributed by atoms with Gasteiger partial charge in [0.15, 0.2) is 0 Å². The van der Waals surface area contributed by atoms with Gasteiger partial charge >= 0.3 is 0 Å². The maximum Gasteiger partial charge on any atom is 0.223 e. The van der Waals surface area contributed by atoms with Crippen molar-refractivity contribution in [2.75, 3.05) is 13.1 Å². The lowest BCUT2D eigenvalue weighted by Crippen LogP contribution is -2.39. The van der Waals surface area contributed by atoms with Crippen molar-refractivity contribution in [2.45, 2.75) is 59.0 Å². The number of carbonyl (C=O) groups is 1. The molecule has 1 saturated carbocycles. The lowest BCUT2D eigenvalue weighted by atomic mass is 9.92. The number of hydrogen-bond acceptors (Lipinski definition) is 3. The Balaban J connectivity index is 0.00000208. The zero-order chi connectivity index (χ0) is 16.4. The van der Waals surface area contributed by atoms with Gasteiger partial charge in [-0.15, -0.1) is 12.4 Å². The minimum absolute atomic E-state index is 0. The molecular formula is C19H31ClN2OS. The largest absolute Gasteiger partial charge is 0.335 e. The molecule has 1 aliphatic heterocycles. The second-order valence-corrected chi connectivity index (χ2v) is 8.69. The van der Waals surface area contributed by atoms with Crippen molar-refractivity contribution >= 4 is 29.7 Å². The van der Waals surface area contributed by atoms with Gasteiger partial charge < -0.3 is 10.2 Å². The van der Waals surface area contributed by atoms with Crippen LogP contribution in [0.15, 0.2) is 16.8 Å². The monoisotopic (exact) mass is 370 g/mol. The van der Waals surface area contributed by atoms with Crippen molar-refractivity contribution in [1.29, 1.82) is 0 Å². The molecule has 1 saturated heterocycles. The van der Waals surface area contributed by atoms with E-state index in [4.69, 9.17) is 0 Å². The molecule has 3 nitrogen and oxygen atoms in total. The number of rotatable bonds is 6. The van der Waals surface area contributed by atoms with E-state index in [-0.39, 0.29) is 12.4 Å². The molecule has 2 aliphatic rings. The first kappa shape index (κ1) is 19.7. The molecule has 2 fully saturated rings. The van der Waals surface area contributed by atoms with Crippen molar-refractivity contribution in [3.63, 3.8) is 0 Å². The maximum atomic E-state index is 13.0. The summed E-state index contributed by atoms with van der Waals surface area (Å²) in [5.74, 6) is 1.38. The number of halogens is 1. The zero-order valence-electron chi connectivity index (χ0n) is 15.1. The van der Waals surface area contributed by atoms with Gasteiger partial charge in [0.25, 0.3) is 0 Å². The van der Waals surface area contributed by atoms with Crippen LogP contribution in [0, 0.1) is 17.3 Å². The molecule has 5 heteroatoms. The van der Waals surface area contributed by atoms with Crippen LogP contribution in [0.3, 0.4) is 0 Å². The van der Waals surface area contributed by atoms with E-state index >= 15 is 0 Å². The first-order valence-corrected chi connectivity index (χ1v) is 9.97. The predicted molar refractivity (Wildman–Crippen MR) is 104 cm³/mol. The van der Waals surface area contributed by atoms with Gasteiger partial charge in [-0.2, -0.15) is 11.3 Å². The first-order valence-electron chi connectivity index (χ1n) is 9.03. The molecule has 2 atom stereocenters. The molecule has 0 radical (unpaired) electrons. The van der Waals surface area contributed by atoms with Crippen LogP contribution < -0.4 is 5.32 Å². The fraction of sp³-hybridized carbons (Fsp3) is 0.737. The molecular weight excluding hydrogens is 340 g/mol. The van der Waals surface area contributed by atoms with Crippen molar-refractivity contribution in [2.24, 2.45) is 17.3 Å². The normalized spacial score (nSPS) is 22.9. The molecule has 3 rings (SSSR count). The molecule has 1 amide bonds. The summed E-state index contributed by atoms with van der Waals surface area (Å²) in [4.78, 5) is 15.2. The van der Waals surface area contributed by atoms with Crippen molar-refractivity contribution in [1.82, 2.24) is 10.2 Å². The van der Waals surface area contributed by atoms with Gasteiger partial charge in [-0.25, -0.2) is 0 Å². The second kappa shape index (κ2) is 8.20. The fourth-order valence-corrected chi connectivity index (χ4v) is 4.47. The molecule has 1 aliphatic carbocycles. The highest BCUT2D eigenvalue weighted by Gasteiger charge is 2.57. The van der Waals surface area contributed by atoms with Crippen LogP contribution in [0.1, 0.15) is 52.0 Å². The Kier molecular flexibility index (Phi) is 6.74. The lowest BCUT2D eigenvalue weighted by Gasteiger charge is -2.30. The van der Waals surface area contributed by atoms with Crippen molar-refractivity contribution in [3.8, 4) is 0 Å². The Bertz CT molecular complexity index is 525. The van der Waals surface area contributed by atoms with E-state index in [2.05, 4.69) is 47.8 Å². The van der Waals surface area contributed by atoms with Crippen LogP contribution in [-0.2, 0) is 11.3 Å². The average molecular weight is 371 g/mol. The highest BCUT2D eigenvalue weighted by molar-refractivity contribution is 7.07. The van der Waals surface area contributed by atoms with Crippen molar-refractivity contribution < 1.29 is 4.79 Å². The van der Waals surface area contributed by atoms with E-state index in [1.807, 2.05) is 0 Å². The molecule has 0 bridgehead atoms. The molecule has 1 N–H and O–H groups in total. The fourth-order valence-electron chi connectivity index (χ4n) is 3.81. The molecule has 1 aromatic rings. The van der Waals surface area contributed by atoms with E-state index in [9.17, 15) is 4.79 Å². The third-order valence-corrected chi connectivity index (χ3v) is 6.74. The number of hydrogen-bond donors (Lipinski definition) is 1. The average Bonchev–Trinajstić information content (AvgIpc) is 2.97. The summed E-state index contributed by atoms with van der Waals surface area (Å²) >= 11 is 1.72. The Hall–Kier alpha value is -0.580. The van der Waals surface area contributed by atoms with Gasteiger partial charge in [0, 0.05) is 19.0 Å². The SMILES string of the molecule is CC(C)C(C)CC(=O)N(Cc1ccsc1)C1CC12CCNCC2.Cl. The van der Waals surface area contributed by atoms with Crippen LogP contribution in [0.2, 0.25) is 0 Å². The number of nitrogens with zero attached hydrogens (tertiary/aromatic N) is 1. The zero-order valence-corrected chi connectivity index (χ0v) is 16.7. The van der Waals surface area contributed by atoms with Crippen LogP contribution in [0.4, 0.5) is 0 Å².